The van der Waals surface area contributed by atoms with Crippen LogP contribution in [0.25, 0.3) is 0 Å². The molecule has 1 aliphatic heterocycles. The average molecular weight is 469 g/mol. The monoisotopic (exact) mass is 468 g/mol. The second kappa shape index (κ2) is 6.39. The van der Waals surface area contributed by atoms with E-state index in [4.69, 9.17) is 4.74 Å². The molecule has 0 aromatic rings. The van der Waals surface area contributed by atoms with E-state index in [1.165, 1.54) is 5.57 Å². The molecular weight excluding hydrogens is 424 g/mol. The van der Waals surface area contributed by atoms with Gasteiger partial charge < -0.3 is 9.84 Å². The molecule has 6 rings (SSSR count). The molecular formula is C30H44O4. The number of epoxide rings is 1. The number of carboxylic acid groups (broad SMARTS) is 1. The van der Waals surface area contributed by atoms with Crippen LogP contribution in [-0.2, 0) is 14.3 Å². The predicted octanol–water partition coefficient (Wildman–Crippen LogP) is 6.43. The van der Waals surface area contributed by atoms with E-state index >= 15 is 0 Å². The normalized spacial score (nSPS) is 54.4. The first-order chi connectivity index (χ1) is 15.7. The van der Waals surface area contributed by atoms with Gasteiger partial charge in [-0.1, -0.05) is 60.1 Å². The van der Waals surface area contributed by atoms with E-state index in [1.54, 1.807) is 0 Å². The number of allylic oxidation sites excluding steroid dienone is 2. The summed E-state index contributed by atoms with van der Waals surface area (Å²) in [7, 11) is 0. The number of aliphatic carboxylic acids is 1. The maximum absolute atomic E-state index is 13.1. The molecule has 34 heavy (non-hydrogen) atoms. The topological polar surface area (TPSA) is 66.9 Å². The zero-order valence-electron chi connectivity index (χ0n) is 22.3. The SMILES string of the molecule is CC1(C)CC[C@]2(C(=O)O)CC[C@]3(C)C(=CC[C@@H]4[C@@]5(C)[C@H]6O[C@H]6C(=O)C(C)(C)[C@@H]5CC[C@]43C)[C@@H]2C1. The summed E-state index contributed by atoms with van der Waals surface area (Å²) in [6.07, 6.45) is 10.1. The highest BCUT2D eigenvalue weighted by Gasteiger charge is 2.76. The Morgan fingerprint density at radius 3 is 2.32 bits per heavy atom. The molecule has 4 nitrogen and oxygen atoms in total. The Morgan fingerprint density at radius 1 is 0.971 bits per heavy atom. The summed E-state index contributed by atoms with van der Waals surface area (Å²) < 4.78 is 6.17. The molecule has 4 heteroatoms. The first-order valence-electron chi connectivity index (χ1n) is 13.8. The smallest absolute Gasteiger partial charge is 0.310 e. The molecule has 0 radical (unpaired) electrons. The molecule has 5 aliphatic carbocycles. The number of hydrogen-bond donors (Lipinski definition) is 1. The average Bonchev–Trinajstić information content (AvgIpc) is 3.54. The Labute approximate surface area is 205 Å². The van der Waals surface area contributed by atoms with Crippen LogP contribution >= 0.6 is 0 Å². The van der Waals surface area contributed by atoms with Crippen molar-refractivity contribution in [2.45, 2.75) is 112 Å². The predicted molar refractivity (Wildman–Crippen MR) is 131 cm³/mol. The lowest BCUT2D eigenvalue weighted by Gasteiger charge is -2.70. The fourth-order valence-electron chi connectivity index (χ4n) is 10.8. The van der Waals surface area contributed by atoms with Crippen molar-refractivity contribution in [3.63, 3.8) is 0 Å². The van der Waals surface area contributed by atoms with Crippen LogP contribution in [0, 0.1) is 50.2 Å². The molecule has 188 valence electrons. The summed E-state index contributed by atoms with van der Waals surface area (Å²) in [5.41, 5.74) is 0.833. The van der Waals surface area contributed by atoms with Gasteiger partial charge in [-0.2, -0.15) is 0 Å². The number of Topliss-reactive ketones (excluding diaryl/α,β-unsaturated/α-hetero) is 1. The fourth-order valence-corrected chi connectivity index (χ4v) is 10.8. The van der Waals surface area contributed by atoms with Crippen molar-refractivity contribution in [1.29, 1.82) is 0 Å². The van der Waals surface area contributed by atoms with Gasteiger partial charge in [0.15, 0.2) is 5.78 Å². The van der Waals surface area contributed by atoms with Crippen molar-refractivity contribution >= 4 is 11.8 Å². The van der Waals surface area contributed by atoms with E-state index in [0.29, 0.717) is 17.6 Å². The van der Waals surface area contributed by atoms with Crippen LogP contribution in [0.5, 0.6) is 0 Å². The Bertz CT molecular complexity index is 1010. The molecule has 0 aromatic carbocycles. The maximum atomic E-state index is 13.1. The van der Waals surface area contributed by atoms with Crippen LogP contribution in [-0.4, -0.2) is 29.1 Å². The molecule has 0 amide bonds. The highest BCUT2D eigenvalue weighted by Crippen LogP contribution is 2.77. The third-order valence-electron chi connectivity index (χ3n) is 13.1. The highest BCUT2D eigenvalue weighted by molar-refractivity contribution is 5.92. The van der Waals surface area contributed by atoms with Gasteiger partial charge in [-0.15, -0.1) is 0 Å². The number of ketones is 1. The van der Waals surface area contributed by atoms with Crippen LogP contribution in [0.15, 0.2) is 11.6 Å². The number of carboxylic acids is 1. The number of ether oxygens (including phenoxy) is 1. The lowest BCUT2D eigenvalue weighted by molar-refractivity contribution is -0.186. The van der Waals surface area contributed by atoms with E-state index < -0.39 is 11.4 Å². The Hall–Kier alpha value is -1.16. The number of carbonyl (C=O) groups excluding carboxylic acids is 1. The summed E-state index contributed by atoms with van der Waals surface area (Å²) >= 11 is 0. The van der Waals surface area contributed by atoms with Crippen LogP contribution in [0.1, 0.15) is 99.8 Å². The number of hydrogen-bond acceptors (Lipinski definition) is 3. The van der Waals surface area contributed by atoms with Crippen molar-refractivity contribution in [3.05, 3.63) is 11.6 Å². The van der Waals surface area contributed by atoms with Gasteiger partial charge in [0.1, 0.15) is 6.10 Å². The zero-order chi connectivity index (χ0) is 24.7. The van der Waals surface area contributed by atoms with Crippen LogP contribution in [0.4, 0.5) is 0 Å². The van der Waals surface area contributed by atoms with Gasteiger partial charge in [-0.05, 0) is 85.4 Å². The molecule has 5 fully saturated rings. The molecule has 1 heterocycles. The van der Waals surface area contributed by atoms with Gasteiger partial charge in [-0.25, -0.2) is 0 Å². The maximum Gasteiger partial charge on any atom is 0.310 e. The van der Waals surface area contributed by atoms with E-state index in [2.05, 4.69) is 54.5 Å². The third kappa shape index (κ3) is 2.45. The number of carbonyl (C=O) groups is 2. The molecule has 0 unspecified atom stereocenters. The van der Waals surface area contributed by atoms with Crippen molar-refractivity contribution in [3.8, 4) is 0 Å². The Morgan fingerprint density at radius 2 is 1.65 bits per heavy atom. The van der Waals surface area contributed by atoms with Crippen LogP contribution in [0.3, 0.4) is 0 Å². The lowest BCUT2D eigenvalue weighted by atomic mass is 9.33. The number of rotatable bonds is 1. The zero-order valence-corrected chi connectivity index (χ0v) is 22.3. The van der Waals surface area contributed by atoms with E-state index in [0.717, 1.165) is 51.4 Å². The molecule has 0 aromatic heterocycles. The standard InChI is InChI=1S/C30H44O4/c1-25(2)12-14-30(24(32)33)15-13-27(5)17(18(30)16-25)8-9-20-28(27,6)11-10-19-26(3,4)22(31)21-23(34-21)29(19,20)7/h8,18-21,23H,9-16H2,1-7H3,(H,32,33)/t18-,19-,20-,21-,23-,27+,28+,29-,30-/m0/s1. The molecule has 9 atom stereocenters. The minimum Gasteiger partial charge on any atom is -0.481 e. The van der Waals surface area contributed by atoms with Crippen LogP contribution in [0.2, 0.25) is 0 Å². The van der Waals surface area contributed by atoms with Crippen molar-refractivity contribution in [1.82, 2.24) is 0 Å². The summed E-state index contributed by atoms with van der Waals surface area (Å²) in [6.45, 7) is 16.4. The minimum absolute atomic E-state index is 0.00666. The van der Waals surface area contributed by atoms with E-state index in [-0.39, 0.29) is 45.2 Å². The lowest BCUT2D eigenvalue weighted by Crippen LogP contribution is -2.66. The summed E-state index contributed by atoms with van der Waals surface area (Å²) in [4.78, 5) is 25.9. The first kappa shape index (κ1) is 23.3. The third-order valence-corrected chi connectivity index (χ3v) is 13.1. The second-order valence-electron chi connectivity index (χ2n) is 15.1. The van der Waals surface area contributed by atoms with Crippen molar-refractivity contribution in [2.75, 3.05) is 0 Å². The molecule has 4 saturated carbocycles. The van der Waals surface area contributed by atoms with Crippen molar-refractivity contribution < 1.29 is 19.4 Å². The molecule has 6 aliphatic rings. The quantitative estimate of drug-likeness (QED) is 0.356. The fraction of sp³-hybridized carbons (Fsp3) is 0.867. The van der Waals surface area contributed by atoms with E-state index in [9.17, 15) is 14.7 Å². The molecule has 1 N–H and O–H groups in total. The molecule has 0 bridgehead atoms. The van der Waals surface area contributed by atoms with Gasteiger partial charge in [0.25, 0.3) is 0 Å². The van der Waals surface area contributed by atoms with Gasteiger partial charge in [0.05, 0.1) is 11.5 Å². The van der Waals surface area contributed by atoms with Gasteiger partial charge >= 0.3 is 5.97 Å². The van der Waals surface area contributed by atoms with Crippen LogP contribution < -0.4 is 0 Å². The highest BCUT2D eigenvalue weighted by atomic mass is 16.6. The Kier molecular flexibility index (Phi) is 4.37. The molecule has 0 spiro atoms. The second-order valence-corrected chi connectivity index (χ2v) is 15.1. The van der Waals surface area contributed by atoms with Crippen molar-refractivity contribution in [2.24, 2.45) is 50.2 Å². The minimum atomic E-state index is -0.588. The molecule has 1 saturated heterocycles. The summed E-state index contributed by atoms with van der Waals surface area (Å²) in [5, 5.41) is 10.5. The summed E-state index contributed by atoms with van der Waals surface area (Å²) in [5.74, 6) is 0.702. The largest absolute Gasteiger partial charge is 0.481 e. The number of fused-ring (bicyclic) bond motifs is 9. The van der Waals surface area contributed by atoms with Gasteiger partial charge in [0, 0.05) is 10.8 Å². The van der Waals surface area contributed by atoms with Gasteiger partial charge in [0.2, 0.25) is 0 Å². The summed E-state index contributed by atoms with van der Waals surface area (Å²) in [6, 6.07) is 0. The Balaban J connectivity index is 1.46. The van der Waals surface area contributed by atoms with Gasteiger partial charge in [-0.3, -0.25) is 9.59 Å². The van der Waals surface area contributed by atoms with E-state index in [1.807, 2.05) is 0 Å². The first-order valence-corrected chi connectivity index (χ1v) is 13.8.